The zero-order valence-corrected chi connectivity index (χ0v) is 30.4. The van der Waals surface area contributed by atoms with Gasteiger partial charge < -0.3 is 20.1 Å². The van der Waals surface area contributed by atoms with Gasteiger partial charge in [-0.05, 0) is 80.8 Å². The summed E-state index contributed by atoms with van der Waals surface area (Å²) >= 11 is 20.4. The van der Waals surface area contributed by atoms with E-state index in [1.54, 1.807) is 16.8 Å². The largest absolute Gasteiger partial charge is 0.490 e. The van der Waals surface area contributed by atoms with E-state index in [0.29, 0.717) is 61.3 Å². The maximum Gasteiger partial charge on any atom is 0.255 e. The van der Waals surface area contributed by atoms with E-state index in [0.717, 1.165) is 33.5 Å². The zero-order chi connectivity index (χ0) is 34.7. The first-order valence-corrected chi connectivity index (χ1v) is 17.8. The smallest absolute Gasteiger partial charge is 0.255 e. The molecule has 8 nitrogen and oxygen atoms in total. The number of hydrogen-bond donors (Lipinski definition) is 2. The number of ether oxygens (including phenoxy) is 2. The van der Waals surface area contributed by atoms with E-state index < -0.39 is 6.04 Å². The van der Waals surface area contributed by atoms with Crippen molar-refractivity contribution in [2.24, 2.45) is 0 Å². The third-order valence-corrected chi connectivity index (χ3v) is 9.85. The number of aromatic nitrogens is 3. The molecule has 1 aromatic heterocycles. The van der Waals surface area contributed by atoms with Gasteiger partial charge in [-0.2, -0.15) is 4.98 Å². The van der Waals surface area contributed by atoms with Crippen molar-refractivity contribution in [1.82, 2.24) is 14.8 Å². The number of amides is 1. The summed E-state index contributed by atoms with van der Waals surface area (Å²) in [5.74, 6) is 1.89. The maximum atomic E-state index is 14.2. The Balaban J connectivity index is 1.37. The van der Waals surface area contributed by atoms with E-state index in [2.05, 4.69) is 10.6 Å². The SMILES string of the molecule is CCOc1cc(C2C(C(=O)Nc3ccc(C)cc3C)=C(C)Nc3nc(SCc4ccccc4Cl)nn32)ccc1OCc1ccc(Cl)cc1Cl. The van der Waals surface area contributed by atoms with Crippen molar-refractivity contribution in [1.29, 1.82) is 0 Å². The average molecular weight is 735 g/mol. The van der Waals surface area contributed by atoms with Gasteiger partial charge in [0.15, 0.2) is 11.5 Å². The molecule has 0 radical (unpaired) electrons. The molecule has 5 aromatic rings. The first kappa shape index (κ1) is 34.7. The van der Waals surface area contributed by atoms with Gasteiger partial charge in [-0.1, -0.05) is 94.6 Å². The number of nitrogens with zero attached hydrogens (tertiary/aromatic N) is 3. The fraction of sp³-hybridized carbons (Fsp3) is 0.216. The summed E-state index contributed by atoms with van der Waals surface area (Å²) in [4.78, 5) is 19.0. The van der Waals surface area contributed by atoms with Gasteiger partial charge in [0.1, 0.15) is 12.6 Å². The molecule has 0 aliphatic carbocycles. The lowest BCUT2D eigenvalue weighted by molar-refractivity contribution is -0.113. The summed E-state index contributed by atoms with van der Waals surface area (Å²) in [6.07, 6.45) is 0. The number of anilines is 2. The van der Waals surface area contributed by atoms with Crippen molar-refractivity contribution in [3.63, 3.8) is 0 Å². The highest BCUT2D eigenvalue weighted by atomic mass is 35.5. The standard InChI is InChI=1S/C37H34Cl3N5O3S/c1-5-47-32-17-24(12-15-31(32)48-19-25-11-13-27(38)18-29(25)40)34-33(35(46)42-30-14-10-21(2)16-22(30)3)23(4)41-36-43-37(44-45(34)36)49-20-26-8-6-7-9-28(26)39/h6-18,34H,5,19-20H2,1-4H3,(H,42,46)(H,41,43,44). The summed E-state index contributed by atoms with van der Waals surface area (Å²) in [5.41, 5.74) is 6.49. The van der Waals surface area contributed by atoms with Crippen LogP contribution >= 0.6 is 46.6 Å². The lowest BCUT2D eigenvalue weighted by Crippen LogP contribution is -2.31. The molecule has 252 valence electrons. The van der Waals surface area contributed by atoms with Gasteiger partial charge in [0.25, 0.3) is 5.91 Å². The normalized spacial score (nSPS) is 13.9. The molecule has 2 N–H and O–H groups in total. The zero-order valence-electron chi connectivity index (χ0n) is 27.3. The minimum absolute atomic E-state index is 0.213. The van der Waals surface area contributed by atoms with Crippen LogP contribution in [0.5, 0.6) is 11.5 Å². The molecular weight excluding hydrogens is 701 g/mol. The van der Waals surface area contributed by atoms with Crippen molar-refractivity contribution < 1.29 is 14.3 Å². The molecule has 6 rings (SSSR count). The Hall–Kier alpha value is -4.15. The third kappa shape index (κ3) is 7.86. The molecule has 0 bridgehead atoms. The molecule has 0 saturated heterocycles. The Bertz CT molecular complexity index is 2070. The van der Waals surface area contributed by atoms with Gasteiger partial charge in [-0.3, -0.25) is 4.79 Å². The van der Waals surface area contributed by atoms with Crippen molar-refractivity contribution in [3.8, 4) is 11.5 Å². The van der Waals surface area contributed by atoms with E-state index in [9.17, 15) is 4.79 Å². The van der Waals surface area contributed by atoms with Gasteiger partial charge in [0, 0.05) is 37.8 Å². The molecule has 0 fully saturated rings. The van der Waals surface area contributed by atoms with Crippen molar-refractivity contribution in [3.05, 3.63) is 133 Å². The van der Waals surface area contributed by atoms with Crippen molar-refractivity contribution in [2.75, 3.05) is 17.2 Å². The molecule has 4 aromatic carbocycles. The molecule has 1 unspecified atom stereocenters. The number of benzene rings is 4. The number of aryl methyl sites for hydroxylation is 2. The summed E-state index contributed by atoms with van der Waals surface area (Å²) < 4.78 is 14.0. The highest BCUT2D eigenvalue weighted by Crippen LogP contribution is 2.41. The fourth-order valence-electron chi connectivity index (χ4n) is 5.57. The number of thioether (sulfide) groups is 1. The second-order valence-electron chi connectivity index (χ2n) is 11.5. The molecule has 0 spiro atoms. The number of rotatable bonds is 11. The Morgan fingerprint density at radius 2 is 1.73 bits per heavy atom. The summed E-state index contributed by atoms with van der Waals surface area (Å²) in [6, 6.07) is 23.9. The molecule has 0 saturated carbocycles. The van der Waals surface area contributed by atoms with E-state index in [1.165, 1.54) is 11.8 Å². The van der Waals surface area contributed by atoms with Crippen LogP contribution in [-0.2, 0) is 17.2 Å². The molecule has 1 aliphatic rings. The Kier molecular flexibility index (Phi) is 10.7. The van der Waals surface area contributed by atoms with Crippen LogP contribution in [0.25, 0.3) is 0 Å². The topological polar surface area (TPSA) is 90.3 Å². The van der Waals surface area contributed by atoms with Gasteiger partial charge >= 0.3 is 0 Å². The molecule has 1 amide bonds. The minimum atomic E-state index is -0.636. The predicted molar refractivity (Wildman–Crippen MR) is 198 cm³/mol. The first-order chi connectivity index (χ1) is 23.6. The van der Waals surface area contributed by atoms with Crippen LogP contribution in [0.4, 0.5) is 11.6 Å². The number of allylic oxidation sites excluding steroid dienone is 1. The van der Waals surface area contributed by atoms with Gasteiger partial charge in [0.2, 0.25) is 11.1 Å². The summed E-state index contributed by atoms with van der Waals surface area (Å²) in [5, 5.41) is 13.6. The highest BCUT2D eigenvalue weighted by molar-refractivity contribution is 7.98. The minimum Gasteiger partial charge on any atom is -0.490 e. The average Bonchev–Trinajstić information content (AvgIpc) is 3.47. The van der Waals surface area contributed by atoms with Crippen LogP contribution in [0.2, 0.25) is 15.1 Å². The van der Waals surface area contributed by atoms with Crippen molar-refractivity contribution in [2.45, 2.75) is 51.3 Å². The molecule has 1 aliphatic heterocycles. The fourth-order valence-corrected chi connectivity index (χ4v) is 7.15. The molecule has 49 heavy (non-hydrogen) atoms. The van der Waals surface area contributed by atoms with Crippen LogP contribution in [0.15, 0.2) is 95.3 Å². The monoisotopic (exact) mass is 733 g/mol. The van der Waals surface area contributed by atoms with Crippen LogP contribution in [0.3, 0.4) is 0 Å². The second-order valence-corrected chi connectivity index (χ2v) is 13.7. The summed E-state index contributed by atoms with van der Waals surface area (Å²) in [7, 11) is 0. The van der Waals surface area contributed by atoms with Crippen LogP contribution in [0, 0.1) is 13.8 Å². The van der Waals surface area contributed by atoms with E-state index in [4.69, 9.17) is 54.4 Å². The highest BCUT2D eigenvalue weighted by Gasteiger charge is 2.35. The number of carbonyl (C=O) groups is 1. The number of carbonyl (C=O) groups excluding carboxylic acids is 1. The Morgan fingerprint density at radius 1 is 0.918 bits per heavy atom. The predicted octanol–water partition coefficient (Wildman–Crippen LogP) is 10.1. The van der Waals surface area contributed by atoms with Crippen LogP contribution in [-0.4, -0.2) is 27.3 Å². The first-order valence-electron chi connectivity index (χ1n) is 15.6. The van der Waals surface area contributed by atoms with E-state index in [-0.39, 0.29) is 12.5 Å². The van der Waals surface area contributed by atoms with Crippen LogP contribution in [0.1, 0.15) is 47.7 Å². The number of hydrogen-bond acceptors (Lipinski definition) is 7. The maximum absolute atomic E-state index is 14.2. The van der Waals surface area contributed by atoms with Gasteiger partial charge in [-0.15, -0.1) is 5.10 Å². The van der Waals surface area contributed by atoms with Gasteiger partial charge in [-0.25, -0.2) is 4.68 Å². The molecule has 1 atom stereocenters. The second kappa shape index (κ2) is 15.2. The summed E-state index contributed by atoms with van der Waals surface area (Å²) in [6.45, 7) is 8.39. The van der Waals surface area contributed by atoms with E-state index >= 15 is 0 Å². The quantitative estimate of drug-likeness (QED) is 0.131. The number of nitrogens with one attached hydrogen (secondary N) is 2. The number of halogens is 3. The Labute approximate surface area is 304 Å². The lowest BCUT2D eigenvalue weighted by atomic mass is 9.94. The van der Waals surface area contributed by atoms with E-state index in [1.807, 2.05) is 94.4 Å². The molecule has 12 heteroatoms. The van der Waals surface area contributed by atoms with Crippen molar-refractivity contribution >= 4 is 64.1 Å². The van der Waals surface area contributed by atoms with Crippen LogP contribution < -0.4 is 20.1 Å². The number of fused-ring (bicyclic) bond motifs is 1. The third-order valence-electron chi connectivity index (χ3n) is 8.00. The Morgan fingerprint density at radius 3 is 2.49 bits per heavy atom. The molecule has 2 heterocycles. The lowest BCUT2D eigenvalue weighted by Gasteiger charge is -2.29. The van der Waals surface area contributed by atoms with Gasteiger partial charge in [0.05, 0.1) is 12.2 Å². The molecular formula is C37H34Cl3N5O3S.